The van der Waals surface area contributed by atoms with Gasteiger partial charge in [-0.25, -0.2) is 9.18 Å². The van der Waals surface area contributed by atoms with Gasteiger partial charge < -0.3 is 14.8 Å². The fraction of sp³-hybridized carbons (Fsp3) is 0.250. The van der Waals surface area contributed by atoms with Crippen molar-refractivity contribution >= 4 is 23.4 Å². The van der Waals surface area contributed by atoms with Crippen LogP contribution in [0.5, 0.6) is 0 Å². The molecule has 1 N–H and O–H groups in total. The Morgan fingerprint density at radius 1 is 1.11 bits per heavy atom. The van der Waals surface area contributed by atoms with E-state index in [2.05, 4.69) is 15.2 Å². The lowest BCUT2D eigenvalue weighted by atomic mass is 9.94. The molecule has 3 aromatic rings. The third-order valence-electron chi connectivity index (χ3n) is 6.21. The number of carbonyl (C=O) groups is 1. The lowest BCUT2D eigenvalue weighted by Crippen LogP contribution is -2.43. The molecule has 0 saturated carbocycles. The summed E-state index contributed by atoms with van der Waals surface area (Å²) in [4.78, 5) is 25.1. The molecule has 3 heterocycles. The Morgan fingerprint density at radius 2 is 1.89 bits per heavy atom. The molecule has 1 atom stereocenters. The van der Waals surface area contributed by atoms with Crippen molar-refractivity contribution in [1.29, 1.82) is 0 Å². The average Bonchev–Trinajstić information content (AvgIpc) is 2.93. The van der Waals surface area contributed by atoms with Crippen LogP contribution in [0.4, 0.5) is 4.39 Å². The zero-order valence-electron chi connectivity index (χ0n) is 20.1. The van der Waals surface area contributed by atoms with Crippen LogP contribution in [-0.2, 0) is 20.9 Å². The first-order valence-electron chi connectivity index (χ1n) is 12.0. The molecule has 9 heteroatoms. The molecule has 2 aliphatic rings. The molecule has 0 amide bonds. The molecule has 0 radical (unpaired) electrons. The van der Waals surface area contributed by atoms with E-state index in [1.165, 1.54) is 12.1 Å². The van der Waals surface area contributed by atoms with Crippen molar-refractivity contribution in [1.82, 2.24) is 15.2 Å². The summed E-state index contributed by atoms with van der Waals surface area (Å²) in [6.07, 6.45) is 1.68. The van der Waals surface area contributed by atoms with Gasteiger partial charge in [0.15, 0.2) is 5.84 Å². The predicted molar refractivity (Wildman–Crippen MR) is 139 cm³/mol. The van der Waals surface area contributed by atoms with Crippen molar-refractivity contribution in [3.8, 4) is 0 Å². The fourth-order valence-electron chi connectivity index (χ4n) is 4.33. The monoisotopic (exact) mass is 520 g/mol. The summed E-state index contributed by atoms with van der Waals surface area (Å²) in [6, 6.07) is 18.3. The third kappa shape index (κ3) is 6.05. The number of hydrogen-bond acceptors (Lipinski definition) is 7. The molecule has 2 aromatic carbocycles. The molecule has 1 saturated heterocycles. The van der Waals surface area contributed by atoms with Gasteiger partial charge in [0.05, 0.1) is 18.8 Å². The van der Waals surface area contributed by atoms with Gasteiger partial charge in [0, 0.05) is 42.1 Å². The minimum atomic E-state index is -0.814. The number of ether oxygens (including phenoxy) is 2. The summed E-state index contributed by atoms with van der Waals surface area (Å²) in [7, 11) is 0. The van der Waals surface area contributed by atoms with E-state index in [9.17, 15) is 9.18 Å². The Kier molecular flexibility index (Phi) is 7.89. The van der Waals surface area contributed by atoms with Crippen LogP contribution in [0, 0.1) is 5.82 Å². The van der Waals surface area contributed by atoms with Gasteiger partial charge in [-0.2, -0.15) is 0 Å². The standard InChI is InChI=1S/C28H26ClFN4O3/c29-22-16-20(30)9-10-21(22)26-25(28(35)37-18-19-6-2-1-3-7-19)24(17-34-12-14-36-15-13-34)32-27(33-26)23-8-4-5-11-31-23/h1-11,16,26H,12-15,17-18H2,(H,32,33). The third-order valence-corrected chi connectivity index (χ3v) is 6.54. The molecular formula is C28H26ClFN4O3. The zero-order chi connectivity index (χ0) is 25.6. The zero-order valence-corrected chi connectivity index (χ0v) is 20.8. The number of aliphatic imine (C=N–C) groups is 1. The molecule has 1 aromatic heterocycles. The highest BCUT2D eigenvalue weighted by atomic mass is 35.5. The molecule has 7 nitrogen and oxygen atoms in total. The number of nitrogens with one attached hydrogen (secondary N) is 1. The van der Waals surface area contributed by atoms with Crippen LogP contribution in [0.2, 0.25) is 5.02 Å². The van der Waals surface area contributed by atoms with Gasteiger partial charge in [-0.1, -0.05) is 54.1 Å². The van der Waals surface area contributed by atoms with E-state index in [0.717, 1.165) is 18.7 Å². The molecule has 37 heavy (non-hydrogen) atoms. The number of amidine groups is 1. The van der Waals surface area contributed by atoms with Crippen LogP contribution in [-0.4, -0.2) is 54.5 Å². The van der Waals surface area contributed by atoms with Crippen molar-refractivity contribution in [3.05, 3.63) is 112 Å². The summed E-state index contributed by atoms with van der Waals surface area (Å²) in [5.74, 6) is -0.495. The van der Waals surface area contributed by atoms with Gasteiger partial charge in [-0.15, -0.1) is 0 Å². The van der Waals surface area contributed by atoms with Crippen molar-refractivity contribution in [2.75, 3.05) is 32.8 Å². The number of hydrogen-bond donors (Lipinski definition) is 1. The first kappa shape index (κ1) is 25.1. The van der Waals surface area contributed by atoms with Gasteiger partial charge in [0.1, 0.15) is 24.2 Å². The first-order chi connectivity index (χ1) is 18.1. The molecule has 1 fully saturated rings. The van der Waals surface area contributed by atoms with Gasteiger partial charge in [-0.05, 0) is 29.8 Å². The molecule has 1 unspecified atom stereocenters. The fourth-order valence-corrected chi connectivity index (χ4v) is 4.60. The van der Waals surface area contributed by atoms with E-state index in [-0.39, 0.29) is 11.6 Å². The molecule has 0 bridgehead atoms. The maximum atomic E-state index is 13.9. The van der Waals surface area contributed by atoms with Crippen molar-refractivity contribution in [3.63, 3.8) is 0 Å². The second kappa shape index (κ2) is 11.6. The van der Waals surface area contributed by atoms with Gasteiger partial charge in [0.25, 0.3) is 0 Å². The van der Waals surface area contributed by atoms with Crippen LogP contribution >= 0.6 is 11.6 Å². The van der Waals surface area contributed by atoms with Crippen LogP contribution in [0.1, 0.15) is 22.9 Å². The van der Waals surface area contributed by atoms with E-state index < -0.39 is 17.8 Å². The molecule has 0 aliphatic carbocycles. The Hall–Kier alpha value is -3.59. The highest BCUT2D eigenvalue weighted by molar-refractivity contribution is 6.31. The summed E-state index contributed by atoms with van der Waals surface area (Å²) in [5, 5.41) is 3.52. The second-order valence-corrected chi connectivity index (χ2v) is 9.14. The number of nitrogens with zero attached hydrogens (tertiary/aromatic N) is 3. The molecule has 190 valence electrons. The van der Waals surface area contributed by atoms with Crippen molar-refractivity contribution < 1.29 is 18.7 Å². The van der Waals surface area contributed by atoms with Crippen LogP contribution in [0.3, 0.4) is 0 Å². The number of aromatic nitrogens is 1. The number of pyridine rings is 1. The largest absolute Gasteiger partial charge is 0.457 e. The maximum absolute atomic E-state index is 13.9. The van der Waals surface area contributed by atoms with Gasteiger partial charge in [-0.3, -0.25) is 14.9 Å². The van der Waals surface area contributed by atoms with E-state index in [4.69, 9.17) is 26.1 Å². The van der Waals surface area contributed by atoms with E-state index >= 15 is 0 Å². The predicted octanol–water partition coefficient (Wildman–Crippen LogP) is 4.29. The summed E-state index contributed by atoms with van der Waals surface area (Å²) in [6.45, 7) is 3.20. The lowest BCUT2D eigenvalue weighted by Gasteiger charge is -2.32. The number of halogens is 2. The SMILES string of the molecule is O=C(OCc1ccccc1)C1=C(CN2CCOCC2)NC(c2ccccn2)=NC1c1ccc(F)cc1Cl. The average molecular weight is 521 g/mol. The summed E-state index contributed by atoms with van der Waals surface area (Å²) in [5.41, 5.74) is 2.95. The molecular weight excluding hydrogens is 495 g/mol. The summed E-state index contributed by atoms with van der Waals surface area (Å²) >= 11 is 6.49. The van der Waals surface area contributed by atoms with Crippen LogP contribution in [0.15, 0.2) is 89.2 Å². The number of esters is 1. The van der Waals surface area contributed by atoms with Crippen molar-refractivity contribution in [2.24, 2.45) is 4.99 Å². The lowest BCUT2D eigenvalue weighted by molar-refractivity contribution is -0.140. The highest BCUT2D eigenvalue weighted by Gasteiger charge is 2.34. The van der Waals surface area contributed by atoms with Crippen LogP contribution in [0.25, 0.3) is 0 Å². The molecule has 5 rings (SSSR count). The molecule has 2 aliphatic heterocycles. The van der Waals surface area contributed by atoms with E-state index in [1.807, 2.05) is 48.5 Å². The minimum Gasteiger partial charge on any atom is -0.457 e. The second-order valence-electron chi connectivity index (χ2n) is 8.73. The Balaban J connectivity index is 1.57. The number of morpholine rings is 1. The minimum absolute atomic E-state index is 0.106. The van der Waals surface area contributed by atoms with Gasteiger partial charge in [0.2, 0.25) is 0 Å². The molecule has 0 spiro atoms. The van der Waals surface area contributed by atoms with Crippen molar-refractivity contribution in [2.45, 2.75) is 12.6 Å². The Labute approximate surface area is 219 Å². The smallest absolute Gasteiger partial charge is 0.338 e. The van der Waals surface area contributed by atoms with E-state index in [0.29, 0.717) is 48.1 Å². The van der Waals surface area contributed by atoms with E-state index in [1.54, 1.807) is 12.3 Å². The number of carbonyl (C=O) groups excluding carboxylic acids is 1. The Bertz CT molecular complexity index is 1310. The highest BCUT2D eigenvalue weighted by Crippen LogP contribution is 2.36. The normalized spacial score (nSPS) is 18.2. The Morgan fingerprint density at radius 3 is 2.62 bits per heavy atom. The maximum Gasteiger partial charge on any atom is 0.338 e. The summed E-state index contributed by atoms with van der Waals surface area (Å²) < 4.78 is 25.2. The number of benzene rings is 2. The van der Waals surface area contributed by atoms with Crippen LogP contribution < -0.4 is 5.32 Å². The quantitative estimate of drug-likeness (QED) is 0.468. The first-order valence-corrected chi connectivity index (χ1v) is 12.4. The van der Waals surface area contributed by atoms with Gasteiger partial charge >= 0.3 is 5.97 Å². The number of rotatable bonds is 7. The topological polar surface area (TPSA) is 76.0 Å².